The van der Waals surface area contributed by atoms with Crippen LogP contribution in [0.4, 0.5) is 0 Å². The number of piperazine rings is 1. The highest BCUT2D eigenvalue weighted by Crippen LogP contribution is 2.27. The normalized spacial score (nSPS) is 23.0. The molecule has 2 aliphatic rings. The van der Waals surface area contributed by atoms with E-state index in [1.165, 1.54) is 10.7 Å². The number of nitrogens with zero attached hydrogens (tertiary/aromatic N) is 3. The van der Waals surface area contributed by atoms with Gasteiger partial charge in [-0.15, -0.1) is 0 Å². The van der Waals surface area contributed by atoms with Crippen LogP contribution < -0.4 is 5.32 Å². The summed E-state index contributed by atoms with van der Waals surface area (Å²) in [7, 11) is -3.55. The van der Waals surface area contributed by atoms with Gasteiger partial charge in [0.2, 0.25) is 21.8 Å². The molecule has 2 unspecified atom stereocenters. The molecule has 1 N–H and O–H groups in total. The van der Waals surface area contributed by atoms with Crippen LogP contribution in [0.15, 0.2) is 35.2 Å². The summed E-state index contributed by atoms with van der Waals surface area (Å²) in [5, 5.41) is 3.01. The van der Waals surface area contributed by atoms with E-state index in [0.717, 1.165) is 13.1 Å². The molecule has 2 fully saturated rings. The van der Waals surface area contributed by atoms with Crippen molar-refractivity contribution in [3.05, 3.63) is 30.3 Å². The van der Waals surface area contributed by atoms with Gasteiger partial charge in [-0.3, -0.25) is 14.5 Å². The third kappa shape index (κ3) is 6.79. The van der Waals surface area contributed by atoms with E-state index < -0.39 is 10.0 Å². The van der Waals surface area contributed by atoms with Crippen LogP contribution in [0.5, 0.6) is 0 Å². The Kier molecular flexibility index (Phi) is 8.76. The Hall–Kier alpha value is -1.97. The van der Waals surface area contributed by atoms with E-state index in [-0.39, 0.29) is 48.2 Å². The van der Waals surface area contributed by atoms with E-state index in [0.29, 0.717) is 31.5 Å². The molecule has 1 aromatic carbocycles. The molecule has 3 rings (SSSR count). The van der Waals surface area contributed by atoms with Gasteiger partial charge in [-0.25, -0.2) is 8.42 Å². The second-order valence-electron chi connectivity index (χ2n) is 10.5. The standard InChI is InChI=1S/C25H40N4O4S/c1-20-16-21(2)18-28(17-20)25(3,4)19-26-23(30)10-11-24(31)27-12-14-29(15-13-27)34(32,33)22-8-6-5-7-9-22/h5-9,20-21H,10-19H2,1-4H3,(H,26,30). The van der Waals surface area contributed by atoms with Crippen molar-refractivity contribution in [2.45, 2.75) is 57.4 Å². The summed E-state index contributed by atoms with van der Waals surface area (Å²) < 4.78 is 26.9. The Morgan fingerprint density at radius 3 is 2.15 bits per heavy atom. The van der Waals surface area contributed by atoms with Gasteiger partial charge in [0.15, 0.2) is 0 Å². The highest BCUT2D eigenvalue weighted by Gasteiger charge is 2.33. The smallest absolute Gasteiger partial charge is 0.243 e. The minimum Gasteiger partial charge on any atom is -0.354 e. The molecule has 34 heavy (non-hydrogen) atoms. The van der Waals surface area contributed by atoms with Gasteiger partial charge in [0, 0.05) is 64.2 Å². The average molecular weight is 493 g/mol. The van der Waals surface area contributed by atoms with Gasteiger partial charge in [-0.05, 0) is 44.2 Å². The van der Waals surface area contributed by atoms with Crippen LogP contribution >= 0.6 is 0 Å². The van der Waals surface area contributed by atoms with Gasteiger partial charge in [-0.2, -0.15) is 4.31 Å². The van der Waals surface area contributed by atoms with Crippen LogP contribution in [-0.2, 0) is 19.6 Å². The summed E-state index contributed by atoms with van der Waals surface area (Å²) >= 11 is 0. The fourth-order valence-electron chi connectivity index (χ4n) is 4.97. The Balaban J connectivity index is 1.41. The summed E-state index contributed by atoms with van der Waals surface area (Å²) in [5.41, 5.74) is -0.136. The summed E-state index contributed by atoms with van der Waals surface area (Å²) in [6.07, 6.45) is 1.52. The van der Waals surface area contributed by atoms with Gasteiger partial charge in [0.05, 0.1) is 4.90 Å². The maximum absolute atomic E-state index is 12.7. The molecule has 0 bridgehead atoms. The van der Waals surface area contributed by atoms with Crippen molar-refractivity contribution >= 4 is 21.8 Å². The highest BCUT2D eigenvalue weighted by atomic mass is 32.2. The Morgan fingerprint density at radius 2 is 1.56 bits per heavy atom. The number of hydrogen-bond acceptors (Lipinski definition) is 5. The van der Waals surface area contributed by atoms with Gasteiger partial charge >= 0.3 is 0 Å². The zero-order chi connectivity index (χ0) is 24.9. The predicted molar refractivity (Wildman–Crippen MR) is 133 cm³/mol. The molecule has 0 aromatic heterocycles. The van der Waals surface area contributed by atoms with Crippen LogP contribution in [0.1, 0.15) is 47.0 Å². The molecule has 2 saturated heterocycles. The van der Waals surface area contributed by atoms with E-state index in [4.69, 9.17) is 0 Å². The second-order valence-corrected chi connectivity index (χ2v) is 12.5. The Morgan fingerprint density at radius 1 is 0.971 bits per heavy atom. The molecule has 2 heterocycles. The maximum atomic E-state index is 12.7. The number of amides is 2. The molecule has 9 heteroatoms. The lowest BCUT2D eigenvalue weighted by atomic mass is 9.88. The molecule has 0 radical (unpaired) electrons. The van der Waals surface area contributed by atoms with Crippen LogP contribution in [-0.4, -0.2) is 85.7 Å². The van der Waals surface area contributed by atoms with Crippen LogP contribution in [0.3, 0.4) is 0 Å². The molecule has 2 atom stereocenters. The number of nitrogens with one attached hydrogen (secondary N) is 1. The molecular weight excluding hydrogens is 452 g/mol. The summed E-state index contributed by atoms with van der Waals surface area (Å²) in [6.45, 7) is 12.7. The lowest BCUT2D eigenvalue weighted by Gasteiger charge is -2.45. The first-order valence-electron chi connectivity index (χ1n) is 12.3. The third-order valence-corrected chi connectivity index (χ3v) is 8.89. The zero-order valence-corrected chi connectivity index (χ0v) is 21.8. The van der Waals surface area contributed by atoms with E-state index in [9.17, 15) is 18.0 Å². The van der Waals surface area contributed by atoms with E-state index >= 15 is 0 Å². The molecule has 2 aliphatic heterocycles. The topological polar surface area (TPSA) is 90.0 Å². The number of sulfonamides is 1. The number of carbonyl (C=O) groups is 2. The first-order chi connectivity index (χ1) is 16.0. The monoisotopic (exact) mass is 492 g/mol. The van der Waals surface area contributed by atoms with Crippen LogP contribution in [0.2, 0.25) is 0 Å². The average Bonchev–Trinajstić information content (AvgIpc) is 2.81. The minimum absolute atomic E-state index is 0.107. The molecule has 0 saturated carbocycles. The third-order valence-electron chi connectivity index (χ3n) is 6.98. The highest BCUT2D eigenvalue weighted by molar-refractivity contribution is 7.89. The first-order valence-corrected chi connectivity index (χ1v) is 13.8. The second kappa shape index (κ2) is 11.2. The number of hydrogen-bond donors (Lipinski definition) is 1. The van der Waals surface area contributed by atoms with Gasteiger partial charge in [0.1, 0.15) is 0 Å². The lowest BCUT2D eigenvalue weighted by molar-refractivity contribution is -0.134. The number of carbonyl (C=O) groups excluding carboxylic acids is 2. The van der Waals surface area contributed by atoms with Crippen LogP contribution in [0, 0.1) is 11.8 Å². The van der Waals surface area contributed by atoms with Crippen molar-refractivity contribution in [2.24, 2.45) is 11.8 Å². The summed E-state index contributed by atoms with van der Waals surface area (Å²) in [4.78, 5) is 29.4. The van der Waals surface area contributed by atoms with Crippen molar-refractivity contribution < 1.29 is 18.0 Å². The van der Waals surface area contributed by atoms with Crippen molar-refractivity contribution in [3.8, 4) is 0 Å². The molecule has 8 nitrogen and oxygen atoms in total. The van der Waals surface area contributed by atoms with Crippen molar-refractivity contribution in [3.63, 3.8) is 0 Å². The van der Waals surface area contributed by atoms with Crippen molar-refractivity contribution in [2.75, 3.05) is 45.8 Å². The SMILES string of the molecule is CC1CC(C)CN(C(C)(C)CNC(=O)CCC(=O)N2CCN(S(=O)(=O)c3ccccc3)CC2)C1. The van der Waals surface area contributed by atoms with Gasteiger partial charge < -0.3 is 10.2 Å². The fraction of sp³-hybridized carbons (Fsp3) is 0.680. The number of rotatable bonds is 8. The Bertz CT molecular complexity index is 933. The molecule has 2 amide bonds. The van der Waals surface area contributed by atoms with Crippen molar-refractivity contribution in [1.82, 2.24) is 19.4 Å². The summed E-state index contributed by atoms with van der Waals surface area (Å²) in [6, 6.07) is 8.35. The predicted octanol–water partition coefficient (Wildman–Crippen LogP) is 2.17. The quantitative estimate of drug-likeness (QED) is 0.601. The number of piperidine rings is 1. The molecule has 0 spiro atoms. The lowest BCUT2D eigenvalue weighted by Crippen LogP contribution is -2.56. The van der Waals surface area contributed by atoms with E-state index in [1.54, 1.807) is 35.2 Å². The Labute approximate surface area is 204 Å². The number of benzene rings is 1. The zero-order valence-electron chi connectivity index (χ0n) is 21.0. The first kappa shape index (κ1) is 26.6. The molecule has 1 aromatic rings. The minimum atomic E-state index is -3.55. The summed E-state index contributed by atoms with van der Waals surface area (Å²) in [5.74, 6) is 1.08. The molecule has 190 valence electrons. The van der Waals surface area contributed by atoms with E-state index in [2.05, 4.69) is 37.9 Å². The van der Waals surface area contributed by atoms with Gasteiger partial charge in [-0.1, -0.05) is 32.0 Å². The fourth-order valence-corrected chi connectivity index (χ4v) is 6.41. The largest absolute Gasteiger partial charge is 0.354 e. The number of likely N-dealkylation sites (tertiary alicyclic amines) is 1. The van der Waals surface area contributed by atoms with Crippen molar-refractivity contribution in [1.29, 1.82) is 0 Å². The van der Waals surface area contributed by atoms with Gasteiger partial charge in [0.25, 0.3) is 0 Å². The van der Waals surface area contributed by atoms with Crippen LogP contribution in [0.25, 0.3) is 0 Å². The van der Waals surface area contributed by atoms with E-state index in [1.807, 2.05) is 0 Å². The molecular formula is C25H40N4O4S. The molecule has 0 aliphatic carbocycles. The maximum Gasteiger partial charge on any atom is 0.243 e.